The number of carbonyl (C=O) groups is 1. The molecule has 0 aliphatic rings. The Morgan fingerprint density at radius 2 is 2.16 bits per heavy atom. The number of aryl methyl sites for hydroxylation is 1. The summed E-state index contributed by atoms with van der Waals surface area (Å²) in [4.78, 5) is 20.2. The molecule has 1 amide bonds. The fourth-order valence-electron chi connectivity index (χ4n) is 1.32. The molecular formula is C11H12ClN5O2. The Kier molecular flexibility index (Phi) is 3.75. The van der Waals surface area contributed by atoms with Gasteiger partial charge < -0.3 is 4.42 Å². The Hall–Kier alpha value is -2.02. The van der Waals surface area contributed by atoms with Crippen LogP contribution in [0.15, 0.2) is 10.6 Å². The maximum atomic E-state index is 12.0. The summed E-state index contributed by atoms with van der Waals surface area (Å²) < 4.78 is 5.05. The van der Waals surface area contributed by atoms with Crippen LogP contribution in [0.4, 0.5) is 6.01 Å². The highest BCUT2D eigenvalue weighted by Gasteiger charge is 2.17. The number of carbonyl (C=O) groups excluding carboxylic acids is 1. The Labute approximate surface area is 114 Å². The molecule has 0 fully saturated rings. The van der Waals surface area contributed by atoms with Gasteiger partial charge in [0.1, 0.15) is 5.82 Å². The molecule has 0 spiro atoms. The van der Waals surface area contributed by atoms with Gasteiger partial charge in [0.25, 0.3) is 5.91 Å². The lowest BCUT2D eigenvalue weighted by Gasteiger charge is -2.07. The van der Waals surface area contributed by atoms with Crippen LogP contribution in [-0.4, -0.2) is 26.1 Å². The van der Waals surface area contributed by atoms with Gasteiger partial charge in [0.05, 0.1) is 11.2 Å². The number of halogens is 1. The zero-order chi connectivity index (χ0) is 14.0. The van der Waals surface area contributed by atoms with E-state index in [9.17, 15) is 4.79 Å². The monoisotopic (exact) mass is 281 g/mol. The normalized spacial score (nSPS) is 10.8. The number of rotatable bonds is 3. The second-order valence-corrected chi connectivity index (χ2v) is 4.57. The number of amides is 1. The molecule has 0 atom stereocenters. The van der Waals surface area contributed by atoms with Crippen molar-refractivity contribution in [1.29, 1.82) is 0 Å². The average molecular weight is 282 g/mol. The molecule has 2 aromatic rings. The van der Waals surface area contributed by atoms with Gasteiger partial charge in [0.2, 0.25) is 5.89 Å². The Morgan fingerprint density at radius 1 is 1.42 bits per heavy atom. The minimum Gasteiger partial charge on any atom is -0.408 e. The Balaban J connectivity index is 2.25. The number of anilines is 1. The van der Waals surface area contributed by atoms with E-state index in [1.807, 2.05) is 13.8 Å². The minimum absolute atomic E-state index is 0.00303. The van der Waals surface area contributed by atoms with Crippen molar-refractivity contribution in [3.63, 3.8) is 0 Å². The second-order valence-electron chi connectivity index (χ2n) is 4.16. The van der Waals surface area contributed by atoms with Gasteiger partial charge in [-0.05, 0) is 0 Å². The molecule has 0 saturated carbocycles. The summed E-state index contributed by atoms with van der Waals surface area (Å²) in [5, 5.41) is 9.86. The van der Waals surface area contributed by atoms with E-state index in [1.165, 1.54) is 6.20 Å². The zero-order valence-electron chi connectivity index (χ0n) is 10.6. The van der Waals surface area contributed by atoms with E-state index in [-0.39, 0.29) is 22.6 Å². The summed E-state index contributed by atoms with van der Waals surface area (Å²) in [5.41, 5.74) is 0.0798. The highest BCUT2D eigenvalue weighted by atomic mass is 35.5. The number of hydrogen-bond donors (Lipinski definition) is 1. The van der Waals surface area contributed by atoms with Gasteiger partial charge in [-0.2, -0.15) is 0 Å². The summed E-state index contributed by atoms with van der Waals surface area (Å²) in [6, 6.07) is 0.00303. The molecule has 0 aliphatic heterocycles. The standard InChI is InChI=1S/C11H12ClN5O2/c1-5(2)9-13-4-7(12)8(14-9)10(18)15-11-17-16-6(3)19-11/h4-5H,1-3H3,(H,15,17,18). The second kappa shape index (κ2) is 5.31. The minimum atomic E-state index is -0.516. The predicted molar refractivity (Wildman–Crippen MR) is 68.1 cm³/mol. The molecule has 0 aromatic carbocycles. The molecule has 100 valence electrons. The van der Waals surface area contributed by atoms with Gasteiger partial charge in [-0.15, -0.1) is 5.10 Å². The molecule has 2 rings (SSSR count). The molecule has 0 radical (unpaired) electrons. The van der Waals surface area contributed by atoms with Crippen molar-refractivity contribution < 1.29 is 9.21 Å². The van der Waals surface area contributed by atoms with Gasteiger partial charge in [-0.1, -0.05) is 30.5 Å². The lowest BCUT2D eigenvalue weighted by molar-refractivity contribution is 0.101. The number of nitrogens with one attached hydrogen (secondary N) is 1. The van der Waals surface area contributed by atoms with Gasteiger partial charge in [0.15, 0.2) is 5.69 Å². The molecule has 0 saturated heterocycles. The van der Waals surface area contributed by atoms with Crippen molar-refractivity contribution in [2.45, 2.75) is 26.7 Å². The highest BCUT2D eigenvalue weighted by molar-refractivity contribution is 6.33. The molecular weight excluding hydrogens is 270 g/mol. The molecule has 2 heterocycles. The molecule has 0 aliphatic carbocycles. The Bertz CT molecular complexity index is 611. The maximum absolute atomic E-state index is 12.0. The van der Waals surface area contributed by atoms with Crippen LogP contribution >= 0.6 is 11.6 Å². The third kappa shape index (κ3) is 3.05. The fourth-order valence-corrected chi connectivity index (χ4v) is 1.50. The first kappa shape index (κ1) is 13.4. The Morgan fingerprint density at radius 3 is 2.74 bits per heavy atom. The van der Waals surface area contributed by atoms with Crippen molar-refractivity contribution in [3.05, 3.63) is 28.6 Å². The smallest absolute Gasteiger partial charge is 0.322 e. The molecule has 8 heteroatoms. The number of aromatic nitrogens is 4. The van der Waals surface area contributed by atoms with E-state index >= 15 is 0 Å². The SMILES string of the molecule is Cc1nnc(NC(=O)c2nc(C(C)C)ncc2Cl)o1. The highest BCUT2D eigenvalue weighted by Crippen LogP contribution is 2.17. The largest absolute Gasteiger partial charge is 0.408 e. The first-order valence-electron chi connectivity index (χ1n) is 5.61. The molecule has 7 nitrogen and oxygen atoms in total. The van der Waals surface area contributed by atoms with E-state index in [4.69, 9.17) is 16.0 Å². The lowest BCUT2D eigenvalue weighted by atomic mass is 10.2. The van der Waals surface area contributed by atoms with Crippen molar-refractivity contribution in [3.8, 4) is 0 Å². The third-order valence-electron chi connectivity index (χ3n) is 2.24. The van der Waals surface area contributed by atoms with Crippen LogP contribution in [0, 0.1) is 6.92 Å². The lowest BCUT2D eigenvalue weighted by Crippen LogP contribution is -2.16. The molecule has 2 aromatic heterocycles. The first-order chi connectivity index (χ1) is 8.97. The summed E-state index contributed by atoms with van der Waals surface area (Å²) >= 11 is 5.91. The van der Waals surface area contributed by atoms with Crippen molar-refractivity contribution >= 4 is 23.5 Å². The quantitative estimate of drug-likeness (QED) is 0.927. The van der Waals surface area contributed by atoms with Gasteiger partial charge in [0, 0.05) is 12.8 Å². The van der Waals surface area contributed by atoms with Crippen LogP contribution < -0.4 is 5.32 Å². The van der Waals surface area contributed by atoms with E-state index in [2.05, 4.69) is 25.5 Å². The van der Waals surface area contributed by atoms with Gasteiger partial charge in [-0.3, -0.25) is 10.1 Å². The number of nitrogens with zero attached hydrogens (tertiary/aromatic N) is 4. The summed E-state index contributed by atoms with van der Waals surface area (Å²) in [5.74, 6) is 0.468. The molecule has 19 heavy (non-hydrogen) atoms. The molecule has 1 N–H and O–H groups in total. The summed E-state index contributed by atoms with van der Waals surface area (Å²) in [7, 11) is 0. The zero-order valence-corrected chi connectivity index (χ0v) is 11.4. The van der Waals surface area contributed by atoms with Crippen molar-refractivity contribution in [2.75, 3.05) is 5.32 Å². The first-order valence-corrected chi connectivity index (χ1v) is 5.99. The van der Waals surface area contributed by atoms with E-state index in [0.29, 0.717) is 11.7 Å². The van der Waals surface area contributed by atoms with E-state index in [1.54, 1.807) is 6.92 Å². The van der Waals surface area contributed by atoms with E-state index in [0.717, 1.165) is 0 Å². The predicted octanol–water partition coefficient (Wildman–Crippen LogP) is 2.20. The third-order valence-corrected chi connectivity index (χ3v) is 2.52. The van der Waals surface area contributed by atoms with Gasteiger partial charge >= 0.3 is 6.01 Å². The van der Waals surface area contributed by atoms with Crippen LogP contribution in [0.25, 0.3) is 0 Å². The molecule has 0 bridgehead atoms. The average Bonchev–Trinajstić information content (AvgIpc) is 2.74. The van der Waals surface area contributed by atoms with Gasteiger partial charge in [-0.25, -0.2) is 9.97 Å². The van der Waals surface area contributed by atoms with Crippen LogP contribution in [0.2, 0.25) is 5.02 Å². The summed E-state index contributed by atoms with van der Waals surface area (Å²) in [6.45, 7) is 5.47. The molecule has 0 unspecified atom stereocenters. The van der Waals surface area contributed by atoms with Crippen LogP contribution in [0.1, 0.15) is 42.0 Å². The van der Waals surface area contributed by atoms with Crippen LogP contribution in [-0.2, 0) is 0 Å². The van der Waals surface area contributed by atoms with Crippen LogP contribution in [0.5, 0.6) is 0 Å². The fraction of sp³-hybridized carbons (Fsp3) is 0.364. The topological polar surface area (TPSA) is 93.8 Å². The van der Waals surface area contributed by atoms with Crippen LogP contribution in [0.3, 0.4) is 0 Å². The summed E-state index contributed by atoms with van der Waals surface area (Å²) in [6.07, 6.45) is 1.40. The maximum Gasteiger partial charge on any atom is 0.322 e. The van der Waals surface area contributed by atoms with E-state index < -0.39 is 5.91 Å². The van der Waals surface area contributed by atoms with Crippen molar-refractivity contribution in [2.24, 2.45) is 0 Å². The number of hydrogen-bond acceptors (Lipinski definition) is 6. The van der Waals surface area contributed by atoms with Crippen molar-refractivity contribution in [1.82, 2.24) is 20.2 Å².